The molecule has 0 bridgehead atoms. The van der Waals surface area contributed by atoms with E-state index in [1.165, 1.54) is 7.11 Å². The van der Waals surface area contributed by atoms with Gasteiger partial charge in [-0.2, -0.15) is 0 Å². The first kappa shape index (κ1) is 11.3. The number of benzene rings is 1. The van der Waals surface area contributed by atoms with Crippen LogP contribution in [0.3, 0.4) is 0 Å². The molecule has 0 aliphatic carbocycles. The number of hydrogen-bond acceptors (Lipinski definition) is 5. The van der Waals surface area contributed by atoms with Gasteiger partial charge in [-0.1, -0.05) is 30.3 Å². The fourth-order valence-corrected chi connectivity index (χ4v) is 1.62. The van der Waals surface area contributed by atoms with E-state index in [2.05, 4.69) is 0 Å². The number of ether oxygens (including phenoxy) is 1. The van der Waals surface area contributed by atoms with E-state index in [-0.39, 0.29) is 18.0 Å². The molecule has 2 aromatic carbocycles. The van der Waals surface area contributed by atoms with E-state index in [0.29, 0.717) is 0 Å². The van der Waals surface area contributed by atoms with Gasteiger partial charge >= 0.3 is 0 Å². The summed E-state index contributed by atoms with van der Waals surface area (Å²) in [6, 6.07) is 9.11. The first-order valence-electron chi connectivity index (χ1n) is 5.02. The van der Waals surface area contributed by atoms with Gasteiger partial charge in [0.15, 0.2) is 5.69 Å². The topological polar surface area (TPSA) is 66.8 Å². The predicted octanol–water partition coefficient (Wildman–Crippen LogP) is 0.687. The number of hydroxylamine groups is 1. The van der Waals surface area contributed by atoms with Crippen LogP contribution in [0.5, 0.6) is 5.75 Å². The molecule has 0 spiro atoms. The Morgan fingerprint density at radius 2 is 1.82 bits per heavy atom. The van der Waals surface area contributed by atoms with Crippen molar-refractivity contribution >= 4 is 5.69 Å². The third kappa shape index (κ3) is 1.92. The Kier molecular flexibility index (Phi) is 2.93. The van der Waals surface area contributed by atoms with Crippen LogP contribution < -0.4 is 20.7 Å². The second-order valence-electron chi connectivity index (χ2n) is 3.58. The van der Waals surface area contributed by atoms with E-state index in [1.807, 2.05) is 18.2 Å². The van der Waals surface area contributed by atoms with Crippen molar-refractivity contribution in [3.05, 3.63) is 56.3 Å². The van der Waals surface area contributed by atoms with Gasteiger partial charge in [0, 0.05) is 0 Å². The van der Waals surface area contributed by atoms with Gasteiger partial charge in [0.2, 0.25) is 5.75 Å². The van der Waals surface area contributed by atoms with Crippen LogP contribution >= 0.6 is 0 Å². The van der Waals surface area contributed by atoms with E-state index in [4.69, 9.17) is 4.74 Å². The van der Waals surface area contributed by atoms with Crippen molar-refractivity contribution in [3.63, 3.8) is 0 Å². The SMILES string of the molecule is COc1c(N(O)Cc2ccccc2)c(=O)c1=O. The minimum atomic E-state index is -0.722. The van der Waals surface area contributed by atoms with E-state index in [1.54, 1.807) is 12.1 Å². The van der Waals surface area contributed by atoms with Crippen molar-refractivity contribution in [1.82, 2.24) is 0 Å². The zero-order valence-electron chi connectivity index (χ0n) is 9.21. The molecular weight excluding hydrogens is 222 g/mol. The van der Waals surface area contributed by atoms with Crippen LogP contribution in [0.1, 0.15) is 5.56 Å². The molecule has 88 valence electrons. The van der Waals surface area contributed by atoms with Crippen molar-refractivity contribution in [2.24, 2.45) is 0 Å². The average molecular weight is 233 g/mol. The standard InChI is InChI=1S/C12H11NO4/c1-17-12-9(10(14)11(12)15)13(16)7-8-5-3-2-4-6-8/h2-6,16H,7H2,1H3. The summed E-state index contributed by atoms with van der Waals surface area (Å²) < 4.78 is 4.75. The molecule has 2 aromatic rings. The summed E-state index contributed by atoms with van der Waals surface area (Å²) in [5.74, 6) is -0.0894. The zero-order chi connectivity index (χ0) is 12.4. The molecule has 5 heteroatoms. The van der Waals surface area contributed by atoms with Gasteiger partial charge < -0.3 is 4.74 Å². The minimum absolute atomic E-state index is 0.0821. The fourth-order valence-electron chi connectivity index (χ4n) is 1.62. The maximum absolute atomic E-state index is 11.3. The van der Waals surface area contributed by atoms with E-state index in [9.17, 15) is 14.8 Å². The highest BCUT2D eigenvalue weighted by atomic mass is 16.5. The van der Waals surface area contributed by atoms with Crippen LogP contribution in [0.25, 0.3) is 0 Å². The van der Waals surface area contributed by atoms with Crippen molar-refractivity contribution in [2.75, 3.05) is 12.2 Å². The lowest BCUT2D eigenvalue weighted by Gasteiger charge is -2.19. The summed E-state index contributed by atoms with van der Waals surface area (Å²) in [4.78, 5) is 22.4. The highest BCUT2D eigenvalue weighted by Gasteiger charge is 2.26. The van der Waals surface area contributed by atoms with Crippen LogP contribution in [-0.2, 0) is 6.54 Å². The second kappa shape index (κ2) is 4.39. The number of methoxy groups -OCH3 is 1. The smallest absolute Gasteiger partial charge is 0.272 e. The molecule has 0 aliphatic heterocycles. The van der Waals surface area contributed by atoms with E-state index >= 15 is 0 Å². The monoisotopic (exact) mass is 233 g/mol. The Hall–Kier alpha value is -2.14. The van der Waals surface area contributed by atoms with Gasteiger partial charge in [-0.15, -0.1) is 0 Å². The number of nitrogens with zero attached hydrogens (tertiary/aromatic N) is 1. The molecule has 0 amide bonds. The first-order valence-corrected chi connectivity index (χ1v) is 5.02. The number of anilines is 1. The zero-order valence-corrected chi connectivity index (χ0v) is 9.21. The largest absolute Gasteiger partial charge is 0.490 e. The maximum Gasteiger partial charge on any atom is 0.272 e. The van der Waals surface area contributed by atoms with Gasteiger partial charge in [-0.05, 0) is 5.56 Å². The molecule has 0 unspecified atom stereocenters. The molecule has 5 nitrogen and oxygen atoms in total. The van der Waals surface area contributed by atoms with Crippen LogP contribution in [0.15, 0.2) is 39.9 Å². The fraction of sp³-hybridized carbons (Fsp3) is 0.167. The van der Waals surface area contributed by atoms with Gasteiger partial charge in [-0.3, -0.25) is 14.8 Å². The lowest BCUT2D eigenvalue weighted by atomic mass is 10.2. The quantitative estimate of drug-likeness (QED) is 0.621. The third-order valence-electron chi connectivity index (χ3n) is 2.48. The third-order valence-corrected chi connectivity index (χ3v) is 2.48. The average Bonchev–Trinajstić information content (AvgIpc) is 2.35. The lowest BCUT2D eigenvalue weighted by molar-refractivity contribution is 0.242. The Bertz CT molecular complexity index is 584. The minimum Gasteiger partial charge on any atom is -0.490 e. The van der Waals surface area contributed by atoms with Crippen molar-refractivity contribution < 1.29 is 9.94 Å². The Morgan fingerprint density at radius 3 is 2.41 bits per heavy atom. The highest BCUT2D eigenvalue weighted by molar-refractivity contribution is 5.62. The molecule has 0 atom stereocenters. The summed E-state index contributed by atoms with van der Waals surface area (Å²) in [7, 11) is 1.29. The molecule has 0 radical (unpaired) electrons. The summed E-state index contributed by atoms with van der Waals surface area (Å²) in [5, 5.41) is 10.5. The molecule has 0 aromatic heterocycles. The summed E-state index contributed by atoms with van der Waals surface area (Å²) in [6.45, 7) is 0.127. The van der Waals surface area contributed by atoms with Crippen LogP contribution in [0, 0.1) is 0 Å². The molecule has 0 saturated heterocycles. The molecule has 2 rings (SSSR count). The first-order chi connectivity index (χ1) is 8.15. The summed E-state index contributed by atoms with van der Waals surface area (Å²) >= 11 is 0. The molecule has 0 saturated carbocycles. The molecule has 0 heterocycles. The van der Waals surface area contributed by atoms with Crippen LogP contribution in [0.2, 0.25) is 0 Å². The van der Waals surface area contributed by atoms with Crippen molar-refractivity contribution in [1.29, 1.82) is 0 Å². The lowest BCUT2D eigenvalue weighted by Crippen LogP contribution is -2.39. The predicted molar refractivity (Wildman–Crippen MR) is 62.3 cm³/mol. The highest BCUT2D eigenvalue weighted by Crippen LogP contribution is 2.21. The van der Waals surface area contributed by atoms with Gasteiger partial charge in [0.1, 0.15) is 0 Å². The second-order valence-corrected chi connectivity index (χ2v) is 3.58. The molecule has 17 heavy (non-hydrogen) atoms. The Labute approximate surface area is 97.1 Å². The Balaban J connectivity index is 2.21. The van der Waals surface area contributed by atoms with Crippen molar-refractivity contribution in [2.45, 2.75) is 6.54 Å². The molecule has 0 aliphatic rings. The number of rotatable bonds is 4. The molecule has 1 N–H and O–H groups in total. The summed E-state index contributed by atoms with van der Waals surface area (Å²) in [5.41, 5.74) is -0.679. The molecule has 0 fully saturated rings. The van der Waals surface area contributed by atoms with E-state index < -0.39 is 10.9 Å². The number of hydrogen-bond donors (Lipinski definition) is 1. The van der Waals surface area contributed by atoms with Crippen LogP contribution in [-0.4, -0.2) is 12.3 Å². The van der Waals surface area contributed by atoms with Gasteiger partial charge in [0.25, 0.3) is 10.9 Å². The van der Waals surface area contributed by atoms with Gasteiger partial charge in [0.05, 0.1) is 13.7 Å². The Morgan fingerprint density at radius 1 is 1.18 bits per heavy atom. The van der Waals surface area contributed by atoms with Crippen LogP contribution in [0.4, 0.5) is 5.69 Å². The normalized spacial score (nSPS) is 10.5. The summed E-state index contributed by atoms with van der Waals surface area (Å²) in [6.07, 6.45) is 0. The maximum atomic E-state index is 11.3. The van der Waals surface area contributed by atoms with Crippen molar-refractivity contribution in [3.8, 4) is 5.75 Å². The molecular formula is C12H11NO4. The van der Waals surface area contributed by atoms with Gasteiger partial charge in [-0.25, -0.2) is 5.06 Å². The van der Waals surface area contributed by atoms with E-state index in [0.717, 1.165) is 10.6 Å².